The van der Waals surface area contributed by atoms with Crippen molar-refractivity contribution < 1.29 is 4.74 Å². The molecule has 1 N–H and O–H groups in total. The van der Waals surface area contributed by atoms with Crippen molar-refractivity contribution >= 4 is 18.1 Å². The highest BCUT2D eigenvalue weighted by Crippen LogP contribution is 2.25. The third kappa shape index (κ3) is 2.63. The van der Waals surface area contributed by atoms with Gasteiger partial charge in [0.15, 0.2) is 0 Å². The fourth-order valence-corrected chi connectivity index (χ4v) is 2.83. The zero-order valence-corrected chi connectivity index (χ0v) is 11.6. The third-order valence-corrected chi connectivity index (χ3v) is 3.96. The third-order valence-electron chi connectivity index (χ3n) is 3.96. The Kier molecular flexibility index (Phi) is 4.49. The molecule has 0 saturated carbocycles. The van der Waals surface area contributed by atoms with Gasteiger partial charge in [-0.2, -0.15) is 0 Å². The van der Waals surface area contributed by atoms with E-state index in [1.54, 1.807) is 0 Å². The Morgan fingerprint density at radius 3 is 2.61 bits per heavy atom. The lowest BCUT2D eigenvalue weighted by atomic mass is 10.0. The van der Waals surface area contributed by atoms with Crippen molar-refractivity contribution in [2.45, 2.75) is 32.0 Å². The molecule has 0 radical (unpaired) electrons. The number of rotatable bonds is 2. The molecule has 0 amide bonds. The smallest absolute Gasteiger partial charge is 0.0605 e. The molecule has 3 nitrogen and oxygen atoms in total. The SMILES string of the molecule is COC1CCN(c2ccc3c(c2)CNC3)CC1.Cl. The van der Waals surface area contributed by atoms with Gasteiger partial charge in [0.25, 0.3) is 0 Å². The average Bonchev–Trinajstić information content (AvgIpc) is 2.86. The predicted octanol–water partition coefficient (Wildman–Crippen LogP) is 2.33. The van der Waals surface area contributed by atoms with E-state index in [4.69, 9.17) is 4.74 Å². The van der Waals surface area contributed by atoms with Gasteiger partial charge in [-0.25, -0.2) is 0 Å². The van der Waals surface area contributed by atoms with Crippen molar-refractivity contribution in [1.82, 2.24) is 5.32 Å². The first kappa shape index (κ1) is 13.7. The van der Waals surface area contributed by atoms with E-state index in [1.807, 2.05) is 7.11 Å². The van der Waals surface area contributed by atoms with E-state index in [2.05, 4.69) is 28.4 Å². The second-order valence-corrected chi connectivity index (χ2v) is 4.98. The average molecular weight is 269 g/mol. The molecule has 0 aromatic heterocycles. The van der Waals surface area contributed by atoms with Crippen LogP contribution in [0.3, 0.4) is 0 Å². The molecular formula is C14H21ClN2O. The molecule has 2 aliphatic rings. The van der Waals surface area contributed by atoms with Crippen molar-refractivity contribution in [3.63, 3.8) is 0 Å². The number of hydrogen-bond donors (Lipinski definition) is 1. The van der Waals surface area contributed by atoms with Gasteiger partial charge < -0.3 is 15.0 Å². The van der Waals surface area contributed by atoms with E-state index in [9.17, 15) is 0 Å². The Balaban J connectivity index is 0.00000120. The quantitative estimate of drug-likeness (QED) is 0.891. The zero-order valence-electron chi connectivity index (χ0n) is 10.8. The van der Waals surface area contributed by atoms with Gasteiger partial charge in [-0.3, -0.25) is 0 Å². The number of fused-ring (bicyclic) bond motifs is 1. The first-order valence-electron chi connectivity index (χ1n) is 6.47. The molecule has 3 rings (SSSR count). The number of ether oxygens (including phenoxy) is 1. The van der Waals surface area contributed by atoms with E-state index < -0.39 is 0 Å². The lowest BCUT2D eigenvalue weighted by Crippen LogP contribution is -2.36. The molecule has 2 aliphatic heterocycles. The summed E-state index contributed by atoms with van der Waals surface area (Å²) in [7, 11) is 1.82. The van der Waals surface area contributed by atoms with Gasteiger partial charge in [0.1, 0.15) is 0 Å². The molecule has 2 heterocycles. The van der Waals surface area contributed by atoms with Crippen LogP contribution in [0, 0.1) is 0 Å². The normalized spacial score (nSPS) is 19.5. The van der Waals surface area contributed by atoms with Crippen molar-refractivity contribution in [1.29, 1.82) is 0 Å². The lowest BCUT2D eigenvalue weighted by molar-refractivity contribution is 0.0819. The van der Waals surface area contributed by atoms with E-state index in [1.165, 1.54) is 16.8 Å². The minimum Gasteiger partial charge on any atom is -0.381 e. The van der Waals surface area contributed by atoms with Crippen LogP contribution in [0.1, 0.15) is 24.0 Å². The zero-order chi connectivity index (χ0) is 11.7. The van der Waals surface area contributed by atoms with Crippen molar-refractivity contribution in [3.05, 3.63) is 29.3 Å². The summed E-state index contributed by atoms with van der Waals surface area (Å²) in [6, 6.07) is 6.88. The summed E-state index contributed by atoms with van der Waals surface area (Å²) in [5.74, 6) is 0. The number of hydrogen-bond acceptors (Lipinski definition) is 3. The summed E-state index contributed by atoms with van der Waals surface area (Å²) in [4.78, 5) is 2.48. The molecule has 0 spiro atoms. The summed E-state index contributed by atoms with van der Waals surface area (Å²) >= 11 is 0. The van der Waals surface area contributed by atoms with E-state index in [0.717, 1.165) is 39.0 Å². The molecule has 100 valence electrons. The van der Waals surface area contributed by atoms with Crippen LogP contribution in [-0.2, 0) is 17.8 Å². The Morgan fingerprint density at radius 2 is 1.89 bits per heavy atom. The molecular weight excluding hydrogens is 248 g/mol. The number of halogens is 1. The Bertz CT molecular complexity index is 403. The highest BCUT2D eigenvalue weighted by molar-refractivity contribution is 5.85. The van der Waals surface area contributed by atoms with Gasteiger partial charge in [-0.15, -0.1) is 12.4 Å². The van der Waals surface area contributed by atoms with Crippen molar-refractivity contribution in [2.75, 3.05) is 25.1 Å². The van der Waals surface area contributed by atoms with Gasteiger partial charge >= 0.3 is 0 Å². The Labute approximate surface area is 115 Å². The first-order chi connectivity index (χ1) is 8.36. The number of methoxy groups -OCH3 is 1. The van der Waals surface area contributed by atoms with Crippen molar-refractivity contribution in [3.8, 4) is 0 Å². The summed E-state index contributed by atoms with van der Waals surface area (Å²) in [6.45, 7) is 4.29. The Morgan fingerprint density at radius 1 is 1.17 bits per heavy atom. The van der Waals surface area contributed by atoms with Gasteiger partial charge in [-0.1, -0.05) is 6.07 Å². The highest BCUT2D eigenvalue weighted by Gasteiger charge is 2.20. The maximum absolute atomic E-state index is 5.41. The lowest BCUT2D eigenvalue weighted by Gasteiger charge is -2.33. The number of anilines is 1. The monoisotopic (exact) mass is 268 g/mol. The number of nitrogens with one attached hydrogen (secondary N) is 1. The number of nitrogens with zero attached hydrogens (tertiary/aromatic N) is 1. The van der Waals surface area contributed by atoms with E-state index in [-0.39, 0.29) is 12.4 Å². The molecule has 1 fully saturated rings. The summed E-state index contributed by atoms with van der Waals surface area (Å²) in [5, 5.41) is 3.40. The van der Waals surface area contributed by atoms with Crippen molar-refractivity contribution in [2.24, 2.45) is 0 Å². The molecule has 0 bridgehead atoms. The molecule has 1 saturated heterocycles. The van der Waals surface area contributed by atoms with Gasteiger partial charge in [0, 0.05) is 39.0 Å². The summed E-state index contributed by atoms with van der Waals surface area (Å²) < 4.78 is 5.41. The minimum absolute atomic E-state index is 0. The van der Waals surface area contributed by atoms with Crippen LogP contribution < -0.4 is 10.2 Å². The molecule has 0 unspecified atom stereocenters. The second kappa shape index (κ2) is 5.91. The maximum atomic E-state index is 5.41. The molecule has 1 aromatic carbocycles. The predicted molar refractivity (Wildman–Crippen MR) is 76.5 cm³/mol. The largest absolute Gasteiger partial charge is 0.381 e. The topological polar surface area (TPSA) is 24.5 Å². The van der Waals surface area contributed by atoms with Crippen LogP contribution in [0.4, 0.5) is 5.69 Å². The fraction of sp³-hybridized carbons (Fsp3) is 0.571. The van der Waals surface area contributed by atoms with Crippen LogP contribution >= 0.6 is 12.4 Å². The number of benzene rings is 1. The van der Waals surface area contributed by atoms with E-state index in [0.29, 0.717) is 6.10 Å². The van der Waals surface area contributed by atoms with Gasteiger partial charge in [0.2, 0.25) is 0 Å². The van der Waals surface area contributed by atoms with Crippen LogP contribution in [0.5, 0.6) is 0 Å². The standard InChI is InChI=1S/C14H20N2O.ClH/c1-17-14-4-6-16(7-5-14)13-3-2-11-9-15-10-12(11)8-13;/h2-3,8,14-15H,4-7,9-10H2,1H3;1H. The Hall–Kier alpha value is -0.770. The van der Waals surface area contributed by atoms with Gasteiger partial charge in [-0.05, 0) is 36.1 Å². The fourth-order valence-electron chi connectivity index (χ4n) is 2.83. The molecule has 4 heteroatoms. The molecule has 0 atom stereocenters. The minimum atomic E-state index is 0. The van der Waals surface area contributed by atoms with Crippen LogP contribution in [0.25, 0.3) is 0 Å². The summed E-state index contributed by atoms with van der Waals surface area (Å²) in [5.41, 5.74) is 4.30. The second-order valence-electron chi connectivity index (χ2n) is 4.98. The maximum Gasteiger partial charge on any atom is 0.0605 e. The van der Waals surface area contributed by atoms with E-state index >= 15 is 0 Å². The summed E-state index contributed by atoms with van der Waals surface area (Å²) in [6.07, 6.45) is 2.75. The van der Waals surface area contributed by atoms with Gasteiger partial charge in [0.05, 0.1) is 6.10 Å². The first-order valence-corrected chi connectivity index (χ1v) is 6.47. The van der Waals surface area contributed by atoms with Crippen LogP contribution in [0.15, 0.2) is 18.2 Å². The van der Waals surface area contributed by atoms with Crippen LogP contribution in [0.2, 0.25) is 0 Å². The molecule has 1 aromatic rings. The molecule has 18 heavy (non-hydrogen) atoms. The van der Waals surface area contributed by atoms with Crippen LogP contribution in [-0.4, -0.2) is 26.3 Å². The highest BCUT2D eigenvalue weighted by atomic mass is 35.5. The molecule has 0 aliphatic carbocycles. The number of piperidine rings is 1.